The molecular formula is C14H25N3. The maximum atomic E-state index is 4.44. The quantitative estimate of drug-likeness (QED) is 0.821. The lowest BCUT2D eigenvalue weighted by Crippen LogP contribution is -2.41. The Morgan fingerprint density at radius 1 is 1.53 bits per heavy atom. The van der Waals surface area contributed by atoms with Crippen LogP contribution in [0.5, 0.6) is 0 Å². The topological polar surface area (TPSA) is 29.9 Å². The van der Waals surface area contributed by atoms with E-state index in [1.165, 1.54) is 31.4 Å². The fraction of sp³-hybridized carbons (Fsp3) is 0.786. The van der Waals surface area contributed by atoms with Crippen LogP contribution < -0.4 is 5.32 Å². The minimum absolute atomic E-state index is 0.651. The molecular weight excluding hydrogens is 210 g/mol. The SMILES string of the molecule is CCCNC(Cc1cc(C)nn1C)C1CCC1. The predicted molar refractivity (Wildman–Crippen MR) is 71.1 cm³/mol. The maximum Gasteiger partial charge on any atom is 0.0596 e. The Kier molecular flexibility index (Phi) is 4.21. The number of nitrogens with one attached hydrogen (secondary N) is 1. The van der Waals surface area contributed by atoms with Gasteiger partial charge in [-0.3, -0.25) is 4.68 Å². The van der Waals surface area contributed by atoms with Crippen LogP contribution in [0.15, 0.2) is 6.07 Å². The number of aryl methyl sites for hydroxylation is 2. The second-order valence-corrected chi connectivity index (χ2v) is 5.36. The first-order chi connectivity index (χ1) is 8.20. The molecule has 1 heterocycles. The van der Waals surface area contributed by atoms with Crippen molar-refractivity contribution >= 4 is 0 Å². The van der Waals surface area contributed by atoms with E-state index in [-0.39, 0.29) is 0 Å². The Hall–Kier alpha value is -0.830. The molecule has 0 aliphatic heterocycles. The van der Waals surface area contributed by atoms with Crippen LogP contribution in [0.1, 0.15) is 44.0 Å². The first-order valence-corrected chi connectivity index (χ1v) is 6.93. The Labute approximate surface area is 105 Å². The fourth-order valence-electron chi connectivity index (χ4n) is 2.66. The van der Waals surface area contributed by atoms with Gasteiger partial charge in [0.2, 0.25) is 0 Å². The number of aromatic nitrogens is 2. The molecule has 0 bridgehead atoms. The van der Waals surface area contributed by atoms with Gasteiger partial charge in [0.15, 0.2) is 0 Å². The molecule has 1 aromatic heterocycles. The van der Waals surface area contributed by atoms with Gasteiger partial charge in [-0.15, -0.1) is 0 Å². The Bertz CT molecular complexity index is 352. The van der Waals surface area contributed by atoms with E-state index < -0.39 is 0 Å². The van der Waals surface area contributed by atoms with Crippen LogP contribution in [0.2, 0.25) is 0 Å². The summed E-state index contributed by atoms with van der Waals surface area (Å²) in [5.41, 5.74) is 2.49. The molecule has 1 aliphatic rings. The van der Waals surface area contributed by atoms with Gasteiger partial charge >= 0.3 is 0 Å². The molecule has 1 saturated carbocycles. The highest BCUT2D eigenvalue weighted by Gasteiger charge is 2.27. The monoisotopic (exact) mass is 235 g/mol. The summed E-state index contributed by atoms with van der Waals surface area (Å²) in [6.45, 7) is 5.44. The van der Waals surface area contributed by atoms with E-state index in [4.69, 9.17) is 0 Å². The van der Waals surface area contributed by atoms with Gasteiger partial charge in [-0.1, -0.05) is 13.3 Å². The van der Waals surface area contributed by atoms with Crippen molar-refractivity contribution in [2.45, 2.75) is 52.0 Å². The molecule has 1 aliphatic carbocycles. The van der Waals surface area contributed by atoms with E-state index >= 15 is 0 Å². The molecule has 1 N–H and O–H groups in total. The number of rotatable bonds is 6. The molecule has 1 atom stereocenters. The van der Waals surface area contributed by atoms with Crippen LogP contribution in [-0.4, -0.2) is 22.4 Å². The highest BCUT2D eigenvalue weighted by atomic mass is 15.3. The third kappa shape index (κ3) is 3.09. The summed E-state index contributed by atoms with van der Waals surface area (Å²) in [6.07, 6.45) is 6.56. The normalized spacial score (nSPS) is 18.1. The van der Waals surface area contributed by atoms with E-state index in [1.54, 1.807) is 0 Å². The summed E-state index contributed by atoms with van der Waals surface area (Å²) in [5, 5.41) is 8.15. The Morgan fingerprint density at radius 2 is 2.29 bits per heavy atom. The molecule has 1 aromatic rings. The summed E-state index contributed by atoms with van der Waals surface area (Å²) < 4.78 is 2.04. The molecule has 3 nitrogen and oxygen atoms in total. The molecule has 1 unspecified atom stereocenters. The third-order valence-electron chi connectivity index (χ3n) is 3.90. The molecule has 0 saturated heterocycles. The highest BCUT2D eigenvalue weighted by molar-refractivity contribution is 5.10. The average molecular weight is 235 g/mol. The molecule has 1 fully saturated rings. The number of hydrogen-bond donors (Lipinski definition) is 1. The van der Waals surface area contributed by atoms with E-state index in [0.29, 0.717) is 6.04 Å². The molecule has 0 aromatic carbocycles. The summed E-state index contributed by atoms with van der Waals surface area (Å²) in [6, 6.07) is 2.87. The van der Waals surface area contributed by atoms with Crippen molar-refractivity contribution in [2.24, 2.45) is 13.0 Å². The van der Waals surface area contributed by atoms with Gasteiger partial charge in [-0.25, -0.2) is 0 Å². The minimum atomic E-state index is 0.651. The van der Waals surface area contributed by atoms with Crippen LogP contribution in [0.3, 0.4) is 0 Å². The molecule has 0 radical (unpaired) electrons. The summed E-state index contributed by atoms with van der Waals surface area (Å²) in [5.74, 6) is 0.886. The zero-order valence-corrected chi connectivity index (χ0v) is 11.4. The highest BCUT2D eigenvalue weighted by Crippen LogP contribution is 2.31. The van der Waals surface area contributed by atoms with Crippen molar-refractivity contribution in [3.05, 3.63) is 17.5 Å². The van der Waals surface area contributed by atoms with Crippen molar-refractivity contribution in [3.63, 3.8) is 0 Å². The van der Waals surface area contributed by atoms with Crippen LogP contribution >= 0.6 is 0 Å². The lowest BCUT2D eigenvalue weighted by atomic mass is 9.78. The van der Waals surface area contributed by atoms with Gasteiger partial charge in [-0.2, -0.15) is 5.10 Å². The first-order valence-electron chi connectivity index (χ1n) is 6.93. The molecule has 0 spiro atoms. The van der Waals surface area contributed by atoms with Crippen LogP contribution in [0.4, 0.5) is 0 Å². The zero-order chi connectivity index (χ0) is 12.3. The fourth-order valence-corrected chi connectivity index (χ4v) is 2.66. The van der Waals surface area contributed by atoms with Crippen molar-refractivity contribution < 1.29 is 0 Å². The maximum absolute atomic E-state index is 4.44. The van der Waals surface area contributed by atoms with Crippen LogP contribution in [-0.2, 0) is 13.5 Å². The molecule has 96 valence electrons. The second-order valence-electron chi connectivity index (χ2n) is 5.36. The van der Waals surface area contributed by atoms with E-state index in [0.717, 1.165) is 24.6 Å². The van der Waals surface area contributed by atoms with Gasteiger partial charge in [0.25, 0.3) is 0 Å². The van der Waals surface area contributed by atoms with Gasteiger partial charge in [0.1, 0.15) is 0 Å². The summed E-state index contributed by atoms with van der Waals surface area (Å²) in [7, 11) is 2.06. The van der Waals surface area contributed by atoms with Gasteiger partial charge in [0, 0.05) is 25.2 Å². The smallest absolute Gasteiger partial charge is 0.0596 e. The molecule has 0 amide bonds. The lowest BCUT2D eigenvalue weighted by Gasteiger charge is -2.34. The Balaban J connectivity index is 1.98. The second kappa shape index (κ2) is 5.67. The van der Waals surface area contributed by atoms with Gasteiger partial charge in [-0.05, 0) is 44.7 Å². The lowest BCUT2D eigenvalue weighted by molar-refractivity contribution is 0.225. The van der Waals surface area contributed by atoms with Crippen molar-refractivity contribution in [1.29, 1.82) is 0 Å². The van der Waals surface area contributed by atoms with Gasteiger partial charge in [0.05, 0.1) is 5.69 Å². The van der Waals surface area contributed by atoms with Crippen molar-refractivity contribution in [3.8, 4) is 0 Å². The predicted octanol–water partition coefficient (Wildman–Crippen LogP) is 2.44. The van der Waals surface area contributed by atoms with Crippen molar-refractivity contribution in [2.75, 3.05) is 6.54 Å². The van der Waals surface area contributed by atoms with Crippen molar-refractivity contribution in [1.82, 2.24) is 15.1 Å². The van der Waals surface area contributed by atoms with E-state index in [1.807, 2.05) is 4.68 Å². The molecule has 3 heteroatoms. The largest absolute Gasteiger partial charge is 0.313 e. The van der Waals surface area contributed by atoms with Gasteiger partial charge < -0.3 is 5.32 Å². The standard InChI is InChI=1S/C14H25N3/c1-4-8-15-14(12-6-5-7-12)10-13-9-11(2)16-17(13)3/h9,12,14-15H,4-8,10H2,1-3H3. The number of hydrogen-bond acceptors (Lipinski definition) is 2. The van der Waals surface area contributed by atoms with E-state index in [2.05, 4.69) is 37.4 Å². The van der Waals surface area contributed by atoms with Crippen LogP contribution in [0, 0.1) is 12.8 Å². The summed E-state index contributed by atoms with van der Waals surface area (Å²) in [4.78, 5) is 0. The average Bonchev–Trinajstić information content (AvgIpc) is 2.51. The summed E-state index contributed by atoms with van der Waals surface area (Å²) >= 11 is 0. The number of nitrogens with zero attached hydrogens (tertiary/aromatic N) is 2. The minimum Gasteiger partial charge on any atom is -0.313 e. The van der Waals surface area contributed by atoms with E-state index in [9.17, 15) is 0 Å². The molecule has 17 heavy (non-hydrogen) atoms. The zero-order valence-electron chi connectivity index (χ0n) is 11.4. The third-order valence-corrected chi connectivity index (χ3v) is 3.90. The molecule has 2 rings (SSSR count). The van der Waals surface area contributed by atoms with Crippen LogP contribution in [0.25, 0.3) is 0 Å². The first kappa shape index (κ1) is 12.6. The Morgan fingerprint density at radius 3 is 2.76 bits per heavy atom.